The highest BCUT2D eigenvalue weighted by molar-refractivity contribution is 6.21. The van der Waals surface area contributed by atoms with Gasteiger partial charge in [-0.3, -0.25) is 39.6 Å². The summed E-state index contributed by atoms with van der Waals surface area (Å²) in [5.74, 6) is 0.103. The highest BCUT2D eigenvalue weighted by Crippen LogP contribution is 2.23. The van der Waals surface area contributed by atoms with Crippen molar-refractivity contribution in [2.24, 2.45) is 0 Å². The van der Waals surface area contributed by atoms with Crippen LogP contribution in [-0.2, 0) is 6.42 Å². The SMILES string of the molecule is O=C1c2ccccc2C(=O)N1CCCCCCN(CCOc1ccc([N+](=O)[O-])cc1)CCc1ccc([N+](=O)[O-])cc1. The van der Waals surface area contributed by atoms with Gasteiger partial charge in [-0.1, -0.05) is 37.1 Å². The third kappa shape index (κ3) is 7.95. The summed E-state index contributed by atoms with van der Waals surface area (Å²) in [5.41, 5.74) is 2.00. The van der Waals surface area contributed by atoms with Crippen molar-refractivity contribution in [2.75, 3.05) is 32.8 Å². The van der Waals surface area contributed by atoms with Gasteiger partial charge in [-0.25, -0.2) is 0 Å². The van der Waals surface area contributed by atoms with E-state index < -0.39 is 9.85 Å². The van der Waals surface area contributed by atoms with E-state index in [0.717, 1.165) is 50.8 Å². The lowest BCUT2D eigenvalue weighted by Gasteiger charge is -2.22. The summed E-state index contributed by atoms with van der Waals surface area (Å²) >= 11 is 0. The first kappa shape index (κ1) is 29.3. The lowest BCUT2D eigenvalue weighted by atomic mass is 10.1. The Balaban J connectivity index is 1.23. The molecule has 0 aromatic heterocycles. The number of carbonyl (C=O) groups is 2. The third-order valence-corrected chi connectivity index (χ3v) is 7.07. The minimum absolute atomic E-state index is 0.00470. The average molecular weight is 561 g/mol. The van der Waals surface area contributed by atoms with Crippen molar-refractivity contribution in [1.29, 1.82) is 0 Å². The largest absolute Gasteiger partial charge is 0.492 e. The van der Waals surface area contributed by atoms with Crippen LogP contribution < -0.4 is 4.74 Å². The van der Waals surface area contributed by atoms with Crippen LogP contribution in [0.1, 0.15) is 52.0 Å². The van der Waals surface area contributed by atoms with Gasteiger partial charge < -0.3 is 4.74 Å². The van der Waals surface area contributed by atoms with Crippen molar-refractivity contribution in [2.45, 2.75) is 32.1 Å². The molecular formula is C30H32N4O7. The number of nitrogens with zero attached hydrogens (tertiary/aromatic N) is 4. The molecule has 11 nitrogen and oxygen atoms in total. The predicted molar refractivity (Wildman–Crippen MR) is 152 cm³/mol. The van der Waals surface area contributed by atoms with Gasteiger partial charge in [0, 0.05) is 43.9 Å². The minimum Gasteiger partial charge on any atom is -0.492 e. The van der Waals surface area contributed by atoms with Crippen LogP contribution in [0.3, 0.4) is 0 Å². The number of fused-ring (bicyclic) bond motifs is 1. The lowest BCUT2D eigenvalue weighted by Crippen LogP contribution is -2.32. The summed E-state index contributed by atoms with van der Waals surface area (Å²) in [6, 6.07) is 19.4. The molecule has 2 amide bonds. The standard InChI is InChI=1S/C30H32N4O7/c35-29-27-7-3-4-8-28(27)30(36)32(29)19-6-2-1-5-18-31(20-17-23-9-11-24(12-10-23)33(37)38)21-22-41-26-15-13-25(14-16-26)34(39)40/h3-4,7-16H,1-2,5-6,17-22H2. The number of unbranched alkanes of at least 4 members (excludes halogenated alkanes) is 3. The Labute approximate surface area is 237 Å². The van der Waals surface area contributed by atoms with Crippen LogP contribution in [0.25, 0.3) is 0 Å². The Kier molecular flexibility index (Phi) is 10.1. The summed E-state index contributed by atoms with van der Waals surface area (Å²) in [4.78, 5) is 49.6. The maximum absolute atomic E-state index is 12.5. The van der Waals surface area contributed by atoms with E-state index in [1.54, 1.807) is 48.5 Å². The lowest BCUT2D eigenvalue weighted by molar-refractivity contribution is -0.385. The van der Waals surface area contributed by atoms with Gasteiger partial charge in [-0.15, -0.1) is 0 Å². The van der Waals surface area contributed by atoms with E-state index in [-0.39, 0.29) is 23.2 Å². The zero-order valence-electron chi connectivity index (χ0n) is 22.6. The van der Waals surface area contributed by atoms with Gasteiger partial charge in [-0.2, -0.15) is 0 Å². The molecule has 0 atom stereocenters. The van der Waals surface area contributed by atoms with Crippen LogP contribution in [0.4, 0.5) is 11.4 Å². The normalized spacial score (nSPS) is 12.6. The summed E-state index contributed by atoms with van der Waals surface area (Å²) in [7, 11) is 0. The molecule has 4 rings (SSSR count). The van der Waals surface area contributed by atoms with E-state index >= 15 is 0 Å². The second kappa shape index (κ2) is 14.1. The molecule has 1 heterocycles. The molecule has 0 saturated carbocycles. The van der Waals surface area contributed by atoms with Gasteiger partial charge in [0.2, 0.25) is 0 Å². The molecule has 0 bridgehead atoms. The summed E-state index contributed by atoms with van der Waals surface area (Å²) in [5, 5.41) is 21.8. The number of ether oxygens (including phenoxy) is 1. The Hall–Kier alpha value is -4.64. The van der Waals surface area contributed by atoms with Crippen molar-refractivity contribution in [3.05, 3.63) is 110 Å². The van der Waals surface area contributed by atoms with E-state index in [2.05, 4.69) is 4.90 Å². The maximum Gasteiger partial charge on any atom is 0.269 e. The van der Waals surface area contributed by atoms with Crippen LogP contribution in [0.5, 0.6) is 5.75 Å². The van der Waals surface area contributed by atoms with Gasteiger partial charge in [0.1, 0.15) is 12.4 Å². The number of hydrogen-bond acceptors (Lipinski definition) is 8. The number of nitro groups is 2. The molecule has 0 fully saturated rings. The first-order valence-electron chi connectivity index (χ1n) is 13.6. The number of non-ortho nitro benzene ring substituents is 2. The summed E-state index contributed by atoms with van der Waals surface area (Å²) < 4.78 is 5.81. The number of amides is 2. The Morgan fingerprint density at radius 2 is 1.24 bits per heavy atom. The first-order chi connectivity index (χ1) is 19.8. The number of nitro benzene ring substituents is 2. The fourth-order valence-electron chi connectivity index (χ4n) is 4.76. The first-order valence-corrected chi connectivity index (χ1v) is 13.6. The molecule has 1 aliphatic rings. The highest BCUT2D eigenvalue weighted by Gasteiger charge is 2.34. The molecular weight excluding hydrogens is 528 g/mol. The van der Waals surface area contributed by atoms with Crippen LogP contribution in [-0.4, -0.2) is 64.2 Å². The topological polar surface area (TPSA) is 136 Å². The van der Waals surface area contributed by atoms with E-state index in [4.69, 9.17) is 4.74 Å². The van der Waals surface area contributed by atoms with Gasteiger partial charge >= 0.3 is 0 Å². The quantitative estimate of drug-likeness (QED) is 0.0999. The molecule has 3 aromatic carbocycles. The van der Waals surface area contributed by atoms with Gasteiger partial charge in [0.05, 0.1) is 21.0 Å². The van der Waals surface area contributed by atoms with Crippen molar-refractivity contribution in [1.82, 2.24) is 9.80 Å². The van der Waals surface area contributed by atoms with Crippen LogP contribution in [0, 0.1) is 20.2 Å². The zero-order chi connectivity index (χ0) is 29.2. The van der Waals surface area contributed by atoms with E-state index in [0.29, 0.717) is 36.6 Å². The van der Waals surface area contributed by atoms with Gasteiger partial charge in [0.15, 0.2) is 0 Å². The predicted octanol–water partition coefficient (Wildman–Crippen LogP) is 5.28. The minimum atomic E-state index is -0.455. The van der Waals surface area contributed by atoms with Gasteiger partial charge in [-0.05, 0) is 55.6 Å². The van der Waals surface area contributed by atoms with Crippen LogP contribution >= 0.6 is 0 Å². The second-order valence-corrected chi connectivity index (χ2v) is 9.84. The molecule has 0 unspecified atom stereocenters. The second-order valence-electron chi connectivity index (χ2n) is 9.84. The molecule has 0 aliphatic carbocycles. The Morgan fingerprint density at radius 3 is 1.83 bits per heavy atom. The van der Waals surface area contributed by atoms with E-state index in [1.165, 1.54) is 29.2 Å². The highest BCUT2D eigenvalue weighted by atomic mass is 16.6. The molecule has 0 N–H and O–H groups in total. The smallest absolute Gasteiger partial charge is 0.269 e. The van der Waals surface area contributed by atoms with Gasteiger partial charge in [0.25, 0.3) is 23.2 Å². The molecule has 11 heteroatoms. The summed E-state index contributed by atoms with van der Waals surface area (Å²) in [6.07, 6.45) is 4.18. The molecule has 0 spiro atoms. The monoisotopic (exact) mass is 560 g/mol. The van der Waals surface area contributed by atoms with Crippen LogP contribution in [0.2, 0.25) is 0 Å². The van der Waals surface area contributed by atoms with Crippen molar-refractivity contribution in [3.63, 3.8) is 0 Å². The average Bonchev–Trinajstić information content (AvgIpc) is 3.22. The fourth-order valence-corrected chi connectivity index (χ4v) is 4.76. The Morgan fingerprint density at radius 1 is 0.683 bits per heavy atom. The maximum atomic E-state index is 12.5. The molecule has 0 saturated heterocycles. The van der Waals surface area contributed by atoms with Crippen molar-refractivity contribution < 1.29 is 24.2 Å². The van der Waals surface area contributed by atoms with E-state index in [9.17, 15) is 29.8 Å². The molecule has 1 aliphatic heterocycles. The zero-order valence-corrected chi connectivity index (χ0v) is 22.6. The number of carbonyl (C=O) groups excluding carboxylic acids is 2. The Bertz CT molecular complexity index is 1340. The fraction of sp³-hybridized carbons (Fsp3) is 0.333. The van der Waals surface area contributed by atoms with Crippen LogP contribution in [0.15, 0.2) is 72.8 Å². The summed E-state index contributed by atoms with van der Waals surface area (Å²) in [6.45, 7) is 2.98. The molecule has 0 radical (unpaired) electrons. The van der Waals surface area contributed by atoms with E-state index in [1.807, 2.05) is 0 Å². The number of rotatable bonds is 16. The number of benzene rings is 3. The molecule has 3 aromatic rings. The molecule has 41 heavy (non-hydrogen) atoms. The number of hydrogen-bond donors (Lipinski definition) is 0. The number of imide groups is 1. The van der Waals surface area contributed by atoms with Crippen molar-refractivity contribution in [3.8, 4) is 5.75 Å². The van der Waals surface area contributed by atoms with Crippen molar-refractivity contribution >= 4 is 23.2 Å². The third-order valence-electron chi connectivity index (χ3n) is 7.07. The molecule has 214 valence electrons.